The lowest BCUT2D eigenvalue weighted by Crippen LogP contribution is -2.46. The Morgan fingerprint density at radius 1 is 1.14 bits per heavy atom. The van der Waals surface area contributed by atoms with Crippen LogP contribution in [0.5, 0.6) is 0 Å². The minimum absolute atomic E-state index is 0.0403. The molecule has 2 atom stereocenters. The quantitative estimate of drug-likeness (QED) is 0.162. The number of rotatable bonds is 6. The molecule has 2 unspecified atom stereocenters. The molecular weight excluding hydrogens is 583 g/mol. The number of thiophene rings is 1. The maximum Gasteiger partial charge on any atom is 0.299 e. The Kier molecular flexibility index (Phi) is 13.4. The molecule has 3 amide bonds. The molecule has 1 fully saturated rings. The highest BCUT2D eigenvalue weighted by atomic mass is 32.1. The number of amides is 3. The molecular formula is C30H36F3N5O4S. The summed E-state index contributed by atoms with van der Waals surface area (Å²) < 4.78 is 43.1. The number of nitrogens with zero attached hydrogens (tertiary/aromatic N) is 1. The van der Waals surface area contributed by atoms with Gasteiger partial charge in [0, 0.05) is 35.6 Å². The maximum absolute atomic E-state index is 14.8. The van der Waals surface area contributed by atoms with E-state index in [9.17, 15) is 22.8 Å². The van der Waals surface area contributed by atoms with E-state index < -0.39 is 24.6 Å². The topological polar surface area (TPSA) is 163 Å². The molecule has 9 nitrogen and oxygen atoms in total. The number of aryl methyl sites for hydroxylation is 1. The van der Waals surface area contributed by atoms with E-state index in [2.05, 4.69) is 16.8 Å². The minimum Gasteiger partial charge on any atom is -0.400 e. The fraction of sp³-hybridized carbons (Fsp3) is 0.333. The first-order valence-electron chi connectivity index (χ1n) is 13.2. The van der Waals surface area contributed by atoms with Crippen LogP contribution in [0.3, 0.4) is 0 Å². The van der Waals surface area contributed by atoms with E-state index in [0.717, 1.165) is 23.9 Å². The van der Waals surface area contributed by atoms with Crippen LogP contribution in [0.4, 0.5) is 13.2 Å². The normalized spacial score (nSPS) is 16.9. The molecule has 7 N–H and O–H groups in total. The van der Waals surface area contributed by atoms with Crippen LogP contribution in [0, 0.1) is 18.3 Å². The number of carbonyl (C=O) groups excluding carboxylic acids is 3. The van der Waals surface area contributed by atoms with E-state index in [0.29, 0.717) is 23.2 Å². The molecule has 1 aliphatic carbocycles. The van der Waals surface area contributed by atoms with Gasteiger partial charge in [0.05, 0.1) is 26.0 Å². The third kappa shape index (κ3) is 8.42. The van der Waals surface area contributed by atoms with Gasteiger partial charge in [0.15, 0.2) is 0 Å². The smallest absolute Gasteiger partial charge is 0.299 e. The van der Waals surface area contributed by atoms with Gasteiger partial charge in [-0.05, 0) is 47.0 Å². The highest BCUT2D eigenvalue weighted by molar-refractivity contribution is 7.10. The Bertz CT molecular complexity index is 1400. The van der Waals surface area contributed by atoms with Crippen molar-refractivity contribution in [3.05, 3.63) is 81.0 Å². The van der Waals surface area contributed by atoms with Crippen molar-refractivity contribution < 1.29 is 32.7 Å². The Balaban J connectivity index is 0.000000733. The second-order valence-corrected chi connectivity index (χ2v) is 10.6. The van der Waals surface area contributed by atoms with Gasteiger partial charge in [-0.1, -0.05) is 42.5 Å². The van der Waals surface area contributed by atoms with Crippen LogP contribution in [0.25, 0.3) is 11.1 Å². The highest BCUT2D eigenvalue weighted by Crippen LogP contribution is 2.51. The first-order chi connectivity index (χ1) is 20.6. The molecule has 0 bridgehead atoms. The zero-order valence-corrected chi connectivity index (χ0v) is 24.7. The van der Waals surface area contributed by atoms with Gasteiger partial charge in [0.1, 0.15) is 6.04 Å². The molecule has 1 aromatic heterocycles. The van der Waals surface area contributed by atoms with Crippen molar-refractivity contribution in [2.24, 2.45) is 17.4 Å². The molecule has 232 valence electrons. The van der Waals surface area contributed by atoms with Crippen molar-refractivity contribution in [1.29, 1.82) is 5.41 Å². The van der Waals surface area contributed by atoms with E-state index in [4.69, 9.17) is 15.3 Å². The molecule has 3 aromatic rings. The molecule has 13 heteroatoms. The van der Waals surface area contributed by atoms with E-state index in [-0.39, 0.29) is 48.7 Å². The number of aliphatic hydroxyl groups is 1. The molecule has 0 radical (unpaired) electrons. The van der Waals surface area contributed by atoms with Gasteiger partial charge in [0.2, 0.25) is 18.2 Å². The fourth-order valence-electron chi connectivity index (χ4n) is 5.05. The second kappa shape index (κ2) is 16.4. The van der Waals surface area contributed by atoms with Gasteiger partial charge >= 0.3 is 0 Å². The van der Waals surface area contributed by atoms with E-state index in [1.54, 1.807) is 35.6 Å². The number of nitrogens with one attached hydrogen (secondary N) is 2. The van der Waals surface area contributed by atoms with Gasteiger partial charge in [-0.25, -0.2) is 0 Å². The monoisotopic (exact) mass is 619 g/mol. The average Bonchev–Trinajstić information content (AvgIpc) is 3.69. The summed E-state index contributed by atoms with van der Waals surface area (Å²) in [7, 11) is 1.00. The molecule has 5 rings (SSSR count). The third-order valence-corrected chi connectivity index (χ3v) is 7.84. The summed E-state index contributed by atoms with van der Waals surface area (Å²) in [6, 6.07) is 12.2. The van der Waals surface area contributed by atoms with Crippen LogP contribution in [0.1, 0.15) is 33.6 Å². The van der Waals surface area contributed by atoms with Crippen molar-refractivity contribution in [3.8, 4) is 11.1 Å². The number of hydrogen-bond donors (Lipinski definition) is 5. The molecule has 1 aliphatic heterocycles. The summed E-state index contributed by atoms with van der Waals surface area (Å²) in [6.07, 6.45) is 1.22. The van der Waals surface area contributed by atoms with E-state index in [1.807, 2.05) is 18.4 Å². The second-order valence-electron chi connectivity index (χ2n) is 9.61. The third-order valence-electron chi connectivity index (χ3n) is 6.78. The molecule has 1 saturated heterocycles. The predicted octanol–water partition coefficient (Wildman–Crippen LogP) is 3.48. The zero-order valence-electron chi connectivity index (χ0n) is 23.9. The number of halogens is 3. The SMILES string of the molecule is CO.Cc1csc(CNC(=O)C2CC(CF)CN2C(=O)Cc2ccc3c(c2)-c2ccccc2C3(F)F)c1.N=CN.NC=O. The highest BCUT2D eigenvalue weighted by Gasteiger charge is 2.44. The Morgan fingerprint density at radius 3 is 2.37 bits per heavy atom. The van der Waals surface area contributed by atoms with Crippen LogP contribution in [-0.4, -0.2) is 60.9 Å². The number of nitrogens with two attached hydrogens (primary N) is 2. The van der Waals surface area contributed by atoms with E-state index in [1.165, 1.54) is 23.1 Å². The van der Waals surface area contributed by atoms with Crippen molar-refractivity contribution in [2.75, 3.05) is 20.3 Å². The number of aliphatic hydroxyl groups excluding tert-OH is 1. The summed E-state index contributed by atoms with van der Waals surface area (Å²) in [5.41, 5.74) is 11.0. The lowest BCUT2D eigenvalue weighted by Gasteiger charge is -2.24. The summed E-state index contributed by atoms with van der Waals surface area (Å²) in [5, 5.41) is 17.7. The van der Waals surface area contributed by atoms with Crippen molar-refractivity contribution in [2.45, 2.75) is 38.3 Å². The predicted molar refractivity (Wildman–Crippen MR) is 160 cm³/mol. The number of alkyl halides is 3. The van der Waals surface area contributed by atoms with Crippen LogP contribution < -0.4 is 16.8 Å². The van der Waals surface area contributed by atoms with Crippen LogP contribution in [-0.2, 0) is 33.3 Å². The lowest BCUT2D eigenvalue weighted by atomic mass is 10.0. The molecule has 2 heterocycles. The summed E-state index contributed by atoms with van der Waals surface area (Å²) in [4.78, 5) is 37.2. The van der Waals surface area contributed by atoms with Gasteiger partial charge in [-0.3, -0.25) is 24.2 Å². The van der Waals surface area contributed by atoms with Crippen molar-refractivity contribution in [1.82, 2.24) is 10.2 Å². The fourth-order valence-corrected chi connectivity index (χ4v) is 5.86. The summed E-state index contributed by atoms with van der Waals surface area (Å²) in [5.74, 6) is -4.10. The molecule has 2 aromatic carbocycles. The number of primary amides is 1. The van der Waals surface area contributed by atoms with Crippen LogP contribution >= 0.6 is 11.3 Å². The lowest BCUT2D eigenvalue weighted by molar-refractivity contribution is -0.138. The van der Waals surface area contributed by atoms with Gasteiger partial charge in [-0.15, -0.1) is 11.3 Å². The first kappa shape index (κ1) is 35.0. The Morgan fingerprint density at radius 2 is 1.77 bits per heavy atom. The number of likely N-dealkylation sites (tertiary alicyclic amines) is 1. The number of hydrogen-bond acceptors (Lipinski definition) is 6. The zero-order chi connectivity index (χ0) is 32.2. The van der Waals surface area contributed by atoms with Gasteiger partial charge in [-0.2, -0.15) is 8.78 Å². The van der Waals surface area contributed by atoms with Crippen LogP contribution in [0.2, 0.25) is 0 Å². The van der Waals surface area contributed by atoms with E-state index >= 15 is 0 Å². The maximum atomic E-state index is 14.8. The molecule has 0 saturated carbocycles. The molecule has 0 spiro atoms. The molecule has 43 heavy (non-hydrogen) atoms. The summed E-state index contributed by atoms with van der Waals surface area (Å²) >= 11 is 1.54. The number of benzene rings is 2. The Hall–Kier alpha value is -4.23. The minimum atomic E-state index is -3.08. The number of carbonyl (C=O) groups is 3. The average molecular weight is 620 g/mol. The molecule has 2 aliphatic rings. The van der Waals surface area contributed by atoms with Crippen molar-refractivity contribution in [3.63, 3.8) is 0 Å². The van der Waals surface area contributed by atoms with Gasteiger partial charge in [0.25, 0.3) is 5.92 Å². The first-order valence-corrected chi connectivity index (χ1v) is 14.1. The van der Waals surface area contributed by atoms with Gasteiger partial charge < -0.3 is 26.8 Å². The van der Waals surface area contributed by atoms with Crippen LogP contribution in [0.15, 0.2) is 53.9 Å². The largest absolute Gasteiger partial charge is 0.400 e. The standard InChI is InChI=1S/C27H25F3N2O2S.CH4N2.CH3NO.CH4O/c1-16-8-19(35-15-16)13-31-26(34)24-10-18(12-28)14-32(24)25(33)11-17-6-7-23-21(9-17)20-4-2-3-5-22(20)27(23,29)30;2*2-1-3;1-2/h2-9,15,18,24H,10-14H2,1H3,(H,31,34);1H,(H3,2,3);1H,(H2,2,3);2H,1H3. The Labute approximate surface area is 252 Å². The summed E-state index contributed by atoms with van der Waals surface area (Å²) in [6.45, 7) is 1.89. The van der Waals surface area contributed by atoms with Crippen molar-refractivity contribution >= 4 is 35.9 Å². The number of fused-ring (bicyclic) bond motifs is 3.